The monoisotopic (exact) mass is 890 g/mol. The van der Waals surface area contributed by atoms with Crippen molar-refractivity contribution in [1.82, 2.24) is 19.4 Å². The fourth-order valence-electron chi connectivity index (χ4n) is 13.0. The molecule has 13 heteroatoms. The van der Waals surface area contributed by atoms with Crippen LogP contribution in [0, 0.1) is 28.9 Å². The van der Waals surface area contributed by atoms with Crippen LogP contribution in [-0.2, 0) is 19.8 Å². The second kappa shape index (κ2) is 16.3. The van der Waals surface area contributed by atoms with E-state index in [1.54, 1.807) is 6.07 Å². The number of benzene rings is 3. The summed E-state index contributed by atoms with van der Waals surface area (Å²) in [5.41, 5.74) is 4.10. The summed E-state index contributed by atoms with van der Waals surface area (Å²) in [4.78, 5) is 64.0. The number of anilines is 2. The van der Waals surface area contributed by atoms with Gasteiger partial charge in [0.2, 0.25) is 17.7 Å². The minimum absolute atomic E-state index is 0.0129. The third kappa shape index (κ3) is 7.07. The van der Waals surface area contributed by atoms with E-state index < -0.39 is 29.1 Å². The molecule has 6 fully saturated rings. The molecule has 0 N–H and O–H groups in total. The van der Waals surface area contributed by atoms with E-state index >= 15 is 8.78 Å². The summed E-state index contributed by atoms with van der Waals surface area (Å²) in [6.45, 7) is 5.96. The number of likely N-dealkylation sites (tertiary alicyclic amines) is 2. The summed E-state index contributed by atoms with van der Waals surface area (Å²) in [7, 11) is 0. The Hall–Kier alpha value is -4.68. The average Bonchev–Trinajstić information content (AvgIpc) is 3.54. The van der Waals surface area contributed by atoms with Crippen molar-refractivity contribution in [2.75, 3.05) is 55.6 Å². The number of halogens is 3. The molecule has 1 aromatic heterocycles. The number of fused-ring (bicyclic) bond motifs is 7. The number of carbonyl (C=O) groups is 3. The first-order chi connectivity index (χ1) is 31.0. The number of aromatic nitrogens is 2. The number of rotatable bonds is 6. The van der Waals surface area contributed by atoms with Crippen molar-refractivity contribution in [3.63, 3.8) is 0 Å². The first-order valence-electron chi connectivity index (χ1n) is 24.0. The molecule has 3 aromatic carbocycles. The van der Waals surface area contributed by atoms with E-state index in [1.165, 1.54) is 35.4 Å². The second-order valence-corrected chi connectivity index (χ2v) is 20.7. The third-order valence-electron chi connectivity index (χ3n) is 16.6. The molecule has 6 heterocycles. The Balaban J connectivity index is 0.663. The molecule has 336 valence electrons. The van der Waals surface area contributed by atoms with Crippen LogP contribution in [0.5, 0.6) is 0 Å². The summed E-state index contributed by atoms with van der Waals surface area (Å²) in [5, 5.41) is 0.955. The van der Waals surface area contributed by atoms with Gasteiger partial charge in [0.05, 0.1) is 27.0 Å². The summed E-state index contributed by atoms with van der Waals surface area (Å²) in [6.07, 6.45) is 14.1. The molecule has 2 aliphatic carbocycles. The van der Waals surface area contributed by atoms with Crippen LogP contribution in [0.4, 0.5) is 20.2 Å². The van der Waals surface area contributed by atoms with E-state index in [0.29, 0.717) is 65.4 Å². The number of nitrogens with zero attached hydrogens (tertiary/aromatic N) is 6. The maximum atomic E-state index is 15.2. The largest absolute Gasteiger partial charge is 0.370 e. The van der Waals surface area contributed by atoms with Crippen LogP contribution < -0.4 is 15.4 Å². The van der Waals surface area contributed by atoms with Gasteiger partial charge in [-0.25, -0.2) is 13.7 Å². The molecule has 3 amide bonds. The first kappa shape index (κ1) is 42.0. The van der Waals surface area contributed by atoms with E-state index in [1.807, 2.05) is 17.0 Å². The van der Waals surface area contributed by atoms with Gasteiger partial charge in [-0.05, 0) is 137 Å². The molecule has 10 nitrogen and oxygen atoms in total. The molecule has 7 aliphatic rings. The quantitative estimate of drug-likeness (QED) is 0.178. The molecular formula is C51H57ClF2N6O4. The van der Waals surface area contributed by atoms with Gasteiger partial charge in [0.15, 0.2) is 11.6 Å². The van der Waals surface area contributed by atoms with Crippen LogP contribution >= 0.6 is 11.6 Å². The second-order valence-electron chi connectivity index (χ2n) is 20.3. The molecule has 0 atom stereocenters. The van der Waals surface area contributed by atoms with Gasteiger partial charge in [-0.2, -0.15) is 4.98 Å². The smallest absolute Gasteiger partial charge is 0.282 e. The molecule has 2 saturated carbocycles. The Morgan fingerprint density at radius 2 is 1.47 bits per heavy atom. The lowest BCUT2D eigenvalue weighted by atomic mass is 9.69. The molecule has 0 bridgehead atoms. The third-order valence-corrected chi connectivity index (χ3v) is 16.9. The maximum absolute atomic E-state index is 15.2. The predicted octanol–water partition coefficient (Wildman–Crippen LogP) is 9.04. The summed E-state index contributed by atoms with van der Waals surface area (Å²) >= 11 is 6.62. The number of imide groups is 1. The molecule has 2 spiro atoms. The lowest BCUT2D eigenvalue weighted by molar-refractivity contribution is -0.139. The van der Waals surface area contributed by atoms with Gasteiger partial charge in [-0.3, -0.25) is 23.7 Å². The number of piperidine rings is 3. The van der Waals surface area contributed by atoms with Crippen LogP contribution in [0.25, 0.3) is 16.6 Å². The highest BCUT2D eigenvalue weighted by Gasteiger charge is 2.48. The Bertz CT molecular complexity index is 2560. The Kier molecular flexibility index (Phi) is 10.7. The average molecular weight is 892 g/mol. The minimum atomic E-state index is -0.898. The number of carbonyl (C=O) groups excluding carboxylic acids is 3. The van der Waals surface area contributed by atoms with Crippen LogP contribution in [0.3, 0.4) is 0 Å². The van der Waals surface area contributed by atoms with Crippen LogP contribution in [0.15, 0.2) is 53.3 Å². The van der Waals surface area contributed by atoms with Gasteiger partial charge in [-0.1, -0.05) is 49.1 Å². The van der Waals surface area contributed by atoms with Crippen molar-refractivity contribution in [1.29, 1.82) is 0 Å². The fourth-order valence-corrected chi connectivity index (χ4v) is 13.3. The topological polar surface area (TPSA) is 99.1 Å². The summed E-state index contributed by atoms with van der Waals surface area (Å²) in [5.74, 6) is -0.601. The molecule has 11 rings (SSSR count). The van der Waals surface area contributed by atoms with Crippen molar-refractivity contribution in [2.45, 2.75) is 114 Å². The summed E-state index contributed by atoms with van der Waals surface area (Å²) < 4.78 is 32.7. The molecular weight excluding hydrogens is 834 g/mol. The van der Waals surface area contributed by atoms with Gasteiger partial charge in [0, 0.05) is 62.6 Å². The number of hydrogen-bond acceptors (Lipinski definition) is 7. The normalized spacial score (nSPS) is 24.6. The Labute approximate surface area is 377 Å². The lowest BCUT2D eigenvalue weighted by Gasteiger charge is -2.55. The minimum Gasteiger partial charge on any atom is -0.370 e. The van der Waals surface area contributed by atoms with E-state index in [0.717, 1.165) is 108 Å². The van der Waals surface area contributed by atoms with E-state index in [4.69, 9.17) is 16.6 Å². The number of hydrogen-bond donors (Lipinski definition) is 0. The van der Waals surface area contributed by atoms with E-state index in [9.17, 15) is 19.2 Å². The lowest BCUT2D eigenvalue weighted by Crippen LogP contribution is -2.61. The van der Waals surface area contributed by atoms with Gasteiger partial charge >= 0.3 is 0 Å². The van der Waals surface area contributed by atoms with Crippen molar-refractivity contribution in [3.8, 4) is 5.69 Å². The zero-order valence-corrected chi connectivity index (χ0v) is 37.3. The SMILES string of the molecule is O=C(C1CCC(CN2CCC(c3ccc4c(c3)-n3c(nc(=O)c5c(Cl)cccc53)C43CCCCC3)CC2)CC1)N1CCC2(CC1)CN(c1cc(F)c(N3C(=O)CCCC3=O)c(F)c1)C2. The Morgan fingerprint density at radius 3 is 2.16 bits per heavy atom. The molecule has 64 heavy (non-hydrogen) atoms. The van der Waals surface area contributed by atoms with Gasteiger partial charge in [-0.15, -0.1) is 0 Å². The maximum Gasteiger partial charge on any atom is 0.282 e. The highest BCUT2D eigenvalue weighted by molar-refractivity contribution is 6.35. The Morgan fingerprint density at radius 1 is 0.781 bits per heavy atom. The van der Waals surface area contributed by atoms with E-state index in [2.05, 4.69) is 32.6 Å². The fraction of sp³-hybridized carbons (Fsp3) is 0.549. The molecule has 4 aromatic rings. The van der Waals surface area contributed by atoms with Gasteiger partial charge in [0.1, 0.15) is 11.5 Å². The van der Waals surface area contributed by atoms with Crippen molar-refractivity contribution in [2.24, 2.45) is 17.3 Å². The predicted molar refractivity (Wildman–Crippen MR) is 243 cm³/mol. The molecule has 0 radical (unpaired) electrons. The number of amides is 3. The highest BCUT2D eigenvalue weighted by Crippen LogP contribution is 2.52. The van der Waals surface area contributed by atoms with Crippen molar-refractivity contribution >= 4 is 51.6 Å². The van der Waals surface area contributed by atoms with Crippen LogP contribution in [0.1, 0.15) is 126 Å². The van der Waals surface area contributed by atoms with Gasteiger partial charge in [0.25, 0.3) is 5.56 Å². The van der Waals surface area contributed by atoms with Crippen molar-refractivity contribution in [3.05, 3.63) is 92.5 Å². The van der Waals surface area contributed by atoms with Crippen LogP contribution in [0.2, 0.25) is 5.02 Å². The van der Waals surface area contributed by atoms with Crippen molar-refractivity contribution < 1.29 is 23.2 Å². The zero-order chi connectivity index (χ0) is 43.9. The zero-order valence-electron chi connectivity index (χ0n) is 36.6. The molecule has 4 saturated heterocycles. The highest BCUT2D eigenvalue weighted by atomic mass is 35.5. The molecule has 5 aliphatic heterocycles. The molecule has 0 unspecified atom stereocenters. The van der Waals surface area contributed by atoms with E-state index in [-0.39, 0.29) is 41.1 Å². The first-order valence-corrected chi connectivity index (χ1v) is 24.4. The standard InChI is InChI=1S/C51H57ClF2N6O4/c52-38-6-4-7-41-45(38)47(63)55-49-51(18-2-1-3-19-51)37-15-14-35(26-42(37)59(41)49)33-16-22-56(23-17-33)29-32-10-12-34(13-11-32)48(64)57-24-20-50(21-25-57)30-58(31-50)36-27-39(53)46(40(54)28-36)60-43(61)8-5-9-44(60)62/h4,6-7,14-15,26-28,32-34H,1-3,5,8-13,16-25,29-31H2. The summed E-state index contributed by atoms with van der Waals surface area (Å²) in [6, 6.07) is 15.3. The van der Waals surface area contributed by atoms with Gasteiger partial charge < -0.3 is 14.7 Å². The van der Waals surface area contributed by atoms with Crippen LogP contribution in [-0.4, -0.2) is 82.9 Å².